The molecule has 0 spiro atoms. The van der Waals surface area contributed by atoms with Gasteiger partial charge in [0.1, 0.15) is 0 Å². The summed E-state index contributed by atoms with van der Waals surface area (Å²) in [7, 11) is 0. The average Bonchev–Trinajstić information content (AvgIpc) is 3.37. The second-order valence-corrected chi connectivity index (χ2v) is 9.13. The van der Waals surface area contributed by atoms with Crippen LogP contribution in [0.5, 0.6) is 0 Å². The number of piperidine rings is 1. The summed E-state index contributed by atoms with van der Waals surface area (Å²) in [6.07, 6.45) is 6.75. The van der Waals surface area contributed by atoms with Gasteiger partial charge in [-0.2, -0.15) is 0 Å². The maximum atomic E-state index is 13.2. The summed E-state index contributed by atoms with van der Waals surface area (Å²) in [6.45, 7) is 2.91. The lowest BCUT2D eigenvalue weighted by Crippen LogP contribution is -2.38. The fraction of sp³-hybridized carbons (Fsp3) is 0.214. The number of aromatic amines is 1. The molecule has 0 saturated carbocycles. The van der Waals surface area contributed by atoms with Gasteiger partial charge in [0.2, 0.25) is 11.8 Å². The van der Waals surface area contributed by atoms with E-state index in [-0.39, 0.29) is 23.6 Å². The first kappa shape index (κ1) is 24.1. The molecular weight excluding hydrogens is 468 g/mol. The van der Waals surface area contributed by atoms with Crippen LogP contribution in [0.2, 0.25) is 0 Å². The molecule has 0 unspecified atom stereocenters. The van der Waals surface area contributed by atoms with Gasteiger partial charge in [-0.1, -0.05) is 6.07 Å². The summed E-state index contributed by atoms with van der Waals surface area (Å²) in [6, 6.07) is 16.4. The molecule has 3 heterocycles. The Morgan fingerprint density at radius 1 is 0.892 bits per heavy atom. The summed E-state index contributed by atoms with van der Waals surface area (Å²) < 4.78 is 0. The lowest BCUT2D eigenvalue weighted by atomic mass is 9.95. The van der Waals surface area contributed by atoms with Gasteiger partial charge >= 0.3 is 0 Å². The molecule has 2 aromatic carbocycles. The minimum atomic E-state index is -0.358. The molecule has 1 aliphatic rings. The van der Waals surface area contributed by atoms with Gasteiger partial charge in [0, 0.05) is 67.1 Å². The molecule has 2 aromatic heterocycles. The quantitative estimate of drug-likeness (QED) is 0.310. The SMILES string of the molecule is CC(=O)Nc1ccc(C(=O)Nc2ccc3cc[nH]c3c2)c(NC(=O)C2CCN(c3ccncc3)CC2)c1. The molecular formula is C28H28N6O3. The van der Waals surface area contributed by atoms with Crippen molar-refractivity contribution in [2.24, 2.45) is 5.92 Å². The van der Waals surface area contributed by atoms with Gasteiger partial charge in [-0.3, -0.25) is 19.4 Å². The first-order valence-electron chi connectivity index (χ1n) is 12.2. The molecule has 4 N–H and O–H groups in total. The van der Waals surface area contributed by atoms with Gasteiger partial charge in [-0.05, 0) is 66.8 Å². The Balaban J connectivity index is 1.32. The van der Waals surface area contributed by atoms with Gasteiger partial charge in [-0.15, -0.1) is 0 Å². The Bertz CT molecular complexity index is 1440. The lowest BCUT2D eigenvalue weighted by molar-refractivity contribution is -0.120. The van der Waals surface area contributed by atoms with Crippen LogP contribution in [-0.2, 0) is 9.59 Å². The average molecular weight is 497 g/mol. The molecule has 37 heavy (non-hydrogen) atoms. The van der Waals surface area contributed by atoms with E-state index >= 15 is 0 Å². The third-order valence-corrected chi connectivity index (χ3v) is 6.55. The normalized spacial score (nSPS) is 13.8. The van der Waals surface area contributed by atoms with Crippen LogP contribution < -0.4 is 20.9 Å². The number of amides is 3. The van der Waals surface area contributed by atoms with Gasteiger partial charge in [0.05, 0.1) is 11.3 Å². The molecule has 3 amide bonds. The van der Waals surface area contributed by atoms with E-state index in [1.165, 1.54) is 6.92 Å². The van der Waals surface area contributed by atoms with Gasteiger partial charge in [0.15, 0.2) is 0 Å². The number of rotatable bonds is 6. The number of hydrogen-bond acceptors (Lipinski definition) is 5. The molecule has 0 bridgehead atoms. The molecule has 9 nitrogen and oxygen atoms in total. The molecule has 0 radical (unpaired) electrons. The first-order valence-corrected chi connectivity index (χ1v) is 12.2. The van der Waals surface area contributed by atoms with Crippen LogP contribution in [0, 0.1) is 5.92 Å². The van der Waals surface area contributed by atoms with Crippen molar-refractivity contribution < 1.29 is 14.4 Å². The molecule has 5 rings (SSSR count). The van der Waals surface area contributed by atoms with E-state index in [9.17, 15) is 14.4 Å². The molecule has 9 heteroatoms. The van der Waals surface area contributed by atoms with Crippen molar-refractivity contribution in [3.8, 4) is 0 Å². The van der Waals surface area contributed by atoms with Crippen LogP contribution >= 0.6 is 0 Å². The van der Waals surface area contributed by atoms with Crippen LogP contribution in [0.25, 0.3) is 10.9 Å². The highest BCUT2D eigenvalue weighted by molar-refractivity contribution is 6.11. The van der Waals surface area contributed by atoms with Crippen LogP contribution in [0.15, 0.2) is 73.2 Å². The van der Waals surface area contributed by atoms with Crippen molar-refractivity contribution >= 4 is 51.4 Å². The Kier molecular flexibility index (Phi) is 6.85. The van der Waals surface area contributed by atoms with Crippen molar-refractivity contribution in [1.82, 2.24) is 9.97 Å². The number of benzene rings is 2. The standard InChI is InChI=1S/C28H28N6O3/c1-18(35)31-21-4-5-24(28(37)32-22-3-2-19-6-13-30-25(19)16-22)26(17-21)33-27(36)20-9-14-34(15-10-20)23-7-11-29-12-8-23/h2-8,11-13,16-17,20,30H,9-10,14-15H2,1H3,(H,31,35)(H,32,37)(H,33,36). The van der Waals surface area contributed by atoms with Crippen molar-refractivity contribution in [3.63, 3.8) is 0 Å². The van der Waals surface area contributed by atoms with Crippen LogP contribution in [-0.4, -0.2) is 40.8 Å². The smallest absolute Gasteiger partial charge is 0.257 e. The third kappa shape index (κ3) is 5.61. The van der Waals surface area contributed by atoms with Crippen LogP contribution in [0.3, 0.4) is 0 Å². The van der Waals surface area contributed by atoms with E-state index in [0.29, 0.717) is 35.5 Å². The number of anilines is 4. The third-order valence-electron chi connectivity index (χ3n) is 6.55. The molecule has 1 saturated heterocycles. The number of carbonyl (C=O) groups is 3. The van der Waals surface area contributed by atoms with E-state index in [2.05, 4.69) is 30.8 Å². The van der Waals surface area contributed by atoms with Crippen molar-refractivity contribution in [2.45, 2.75) is 19.8 Å². The van der Waals surface area contributed by atoms with E-state index in [0.717, 1.165) is 29.7 Å². The van der Waals surface area contributed by atoms with Crippen molar-refractivity contribution in [2.75, 3.05) is 33.9 Å². The Morgan fingerprint density at radius 3 is 2.38 bits per heavy atom. The van der Waals surface area contributed by atoms with Gasteiger partial charge < -0.3 is 25.8 Å². The highest BCUT2D eigenvalue weighted by Crippen LogP contribution is 2.27. The predicted octanol–water partition coefficient (Wildman–Crippen LogP) is 4.63. The number of H-pyrrole nitrogens is 1. The molecule has 188 valence electrons. The zero-order chi connectivity index (χ0) is 25.8. The van der Waals surface area contributed by atoms with Crippen LogP contribution in [0.1, 0.15) is 30.1 Å². The largest absolute Gasteiger partial charge is 0.371 e. The van der Waals surface area contributed by atoms with E-state index in [1.54, 1.807) is 30.6 Å². The number of fused-ring (bicyclic) bond motifs is 1. The first-order chi connectivity index (χ1) is 18.0. The van der Waals surface area contributed by atoms with Crippen molar-refractivity contribution in [1.29, 1.82) is 0 Å². The second-order valence-electron chi connectivity index (χ2n) is 9.13. The number of aromatic nitrogens is 2. The topological polar surface area (TPSA) is 119 Å². The summed E-state index contributed by atoms with van der Waals surface area (Å²) in [5, 5.41) is 9.62. The Morgan fingerprint density at radius 2 is 1.62 bits per heavy atom. The van der Waals surface area contributed by atoms with Gasteiger partial charge in [-0.25, -0.2) is 0 Å². The monoisotopic (exact) mass is 496 g/mol. The maximum Gasteiger partial charge on any atom is 0.257 e. The number of pyridine rings is 1. The minimum Gasteiger partial charge on any atom is -0.371 e. The minimum absolute atomic E-state index is 0.142. The number of carbonyl (C=O) groups excluding carboxylic acids is 3. The fourth-order valence-corrected chi connectivity index (χ4v) is 4.64. The number of nitrogens with one attached hydrogen (secondary N) is 4. The van der Waals surface area contributed by atoms with E-state index in [1.807, 2.05) is 42.6 Å². The maximum absolute atomic E-state index is 13.2. The summed E-state index contributed by atoms with van der Waals surface area (Å²) >= 11 is 0. The summed E-state index contributed by atoms with van der Waals surface area (Å²) in [5.41, 5.74) is 3.79. The van der Waals surface area contributed by atoms with E-state index in [4.69, 9.17) is 0 Å². The number of nitrogens with zero attached hydrogens (tertiary/aromatic N) is 2. The zero-order valence-electron chi connectivity index (χ0n) is 20.5. The Hall–Kier alpha value is -4.66. The zero-order valence-corrected chi connectivity index (χ0v) is 20.5. The molecule has 0 atom stereocenters. The molecule has 1 fully saturated rings. The van der Waals surface area contributed by atoms with Crippen molar-refractivity contribution in [3.05, 3.63) is 78.8 Å². The highest BCUT2D eigenvalue weighted by Gasteiger charge is 2.26. The second kappa shape index (κ2) is 10.5. The Labute approximate surface area is 214 Å². The molecule has 1 aliphatic heterocycles. The van der Waals surface area contributed by atoms with Crippen LogP contribution in [0.4, 0.5) is 22.7 Å². The highest BCUT2D eigenvalue weighted by atomic mass is 16.2. The summed E-state index contributed by atoms with van der Waals surface area (Å²) in [5.74, 6) is -0.926. The number of hydrogen-bond donors (Lipinski definition) is 4. The molecule has 4 aromatic rings. The van der Waals surface area contributed by atoms with Gasteiger partial charge in [0.25, 0.3) is 5.91 Å². The molecule has 0 aliphatic carbocycles. The van der Waals surface area contributed by atoms with E-state index < -0.39 is 0 Å². The predicted molar refractivity (Wildman–Crippen MR) is 145 cm³/mol. The summed E-state index contributed by atoms with van der Waals surface area (Å²) in [4.78, 5) is 47.5. The lowest BCUT2D eigenvalue weighted by Gasteiger charge is -2.33. The fourth-order valence-electron chi connectivity index (χ4n) is 4.64.